The minimum atomic E-state index is -0.0826. The zero-order valence-electron chi connectivity index (χ0n) is 31.7. The van der Waals surface area contributed by atoms with Gasteiger partial charge in [-0.25, -0.2) is 0 Å². The lowest BCUT2D eigenvalue weighted by molar-refractivity contribution is 0.191. The van der Waals surface area contributed by atoms with Gasteiger partial charge in [-0.1, -0.05) is 185 Å². The van der Waals surface area contributed by atoms with Crippen molar-refractivity contribution in [2.45, 2.75) is 38.5 Å². The molecule has 2 atom stereocenters. The molecular weight excluding hydrogens is 681 g/mol. The second-order valence-electron chi connectivity index (χ2n) is 16.9. The zero-order chi connectivity index (χ0) is 37.1. The fourth-order valence-corrected chi connectivity index (χ4v) is 11.8. The van der Waals surface area contributed by atoms with Crippen molar-refractivity contribution in [3.63, 3.8) is 0 Å². The van der Waals surface area contributed by atoms with Gasteiger partial charge in [0.1, 0.15) is 0 Å². The van der Waals surface area contributed by atoms with Gasteiger partial charge >= 0.3 is 0 Å². The topological polar surface area (TPSA) is 0 Å². The van der Waals surface area contributed by atoms with Crippen LogP contribution < -0.4 is 0 Å². The largest absolute Gasteiger partial charge is 0.134 e. The number of rotatable bonds is 3. The van der Waals surface area contributed by atoms with E-state index < -0.39 is 0 Å². The van der Waals surface area contributed by atoms with Crippen molar-refractivity contribution in [3.05, 3.63) is 187 Å². The molecule has 0 saturated carbocycles. The van der Waals surface area contributed by atoms with E-state index in [0.717, 1.165) is 0 Å². The van der Waals surface area contributed by atoms with Crippen molar-refractivity contribution < 1.29 is 0 Å². The van der Waals surface area contributed by atoms with E-state index >= 15 is 0 Å². The molecule has 0 bridgehead atoms. The predicted octanol–water partition coefficient (Wildman–Crippen LogP) is 15.3. The number of benzene rings is 8. The van der Waals surface area contributed by atoms with Gasteiger partial charge in [-0.3, -0.25) is 0 Å². The van der Waals surface area contributed by atoms with Crippen LogP contribution in [-0.4, -0.2) is 0 Å². The van der Waals surface area contributed by atoms with Crippen molar-refractivity contribution in [3.8, 4) is 22.3 Å². The van der Waals surface area contributed by atoms with Gasteiger partial charge in [-0.05, 0) is 106 Å². The van der Waals surface area contributed by atoms with E-state index in [4.69, 9.17) is 0 Å². The van der Waals surface area contributed by atoms with Crippen molar-refractivity contribution in [2.24, 2.45) is 11.8 Å². The molecule has 0 saturated heterocycles. The van der Waals surface area contributed by atoms with Gasteiger partial charge in [0.15, 0.2) is 0 Å². The molecule has 9 aromatic rings. The third-order valence-electron chi connectivity index (χ3n) is 13.3. The minimum Gasteiger partial charge on any atom is -0.134 e. The summed E-state index contributed by atoms with van der Waals surface area (Å²) in [6.45, 7) is 9.96. The SMILES string of the molecule is CC1(C)c2cc3c4ccccc4c4ccccc4c3cc2C(C)(C)C2C=C(c3ccccc3-c3cccc4c3sc3c(-c5ccccc5)cccc34)C=CC21. The molecule has 2 unspecified atom stereocenters. The standard InChI is InChI=1S/C54H42S/c1-53(2)47-29-28-34(30-48(47)54(3,4)50-32-46-41-23-13-11-21-39(41)38-20-10-12-22-40(38)45(46)31-49(50)53)35-18-8-9-19-37(35)42-25-15-27-44-43-26-14-24-36(51(43)55-52(42)44)33-16-6-5-7-17-33/h5-32,47-48H,1-4H3. The molecule has 1 heteroatoms. The molecule has 2 aliphatic rings. The van der Waals surface area contributed by atoms with Gasteiger partial charge < -0.3 is 0 Å². The first-order chi connectivity index (χ1) is 26.8. The Hall–Kier alpha value is -5.76. The van der Waals surface area contributed by atoms with Crippen LogP contribution in [0.5, 0.6) is 0 Å². The molecule has 0 nitrogen and oxygen atoms in total. The third-order valence-corrected chi connectivity index (χ3v) is 14.6. The van der Waals surface area contributed by atoms with Crippen LogP contribution in [0.3, 0.4) is 0 Å². The van der Waals surface area contributed by atoms with E-state index in [9.17, 15) is 0 Å². The Morgan fingerprint density at radius 3 is 1.47 bits per heavy atom. The second-order valence-corrected chi connectivity index (χ2v) is 17.9. The van der Waals surface area contributed by atoms with E-state index in [1.54, 1.807) is 0 Å². The highest BCUT2D eigenvalue weighted by Gasteiger charge is 2.50. The third kappa shape index (κ3) is 4.69. The van der Waals surface area contributed by atoms with E-state index in [0.29, 0.717) is 11.8 Å². The summed E-state index contributed by atoms with van der Waals surface area (Å²) in [6.07, 6.45) is 7.62. The summed E-state index contributed by atoms with van der Waals surface area (Å²) in [5.74, 6) is 0.707. The first kappa shape index (κ1) is 32.7. The van der Waals surface area contributed by atoms with E-state index in [2.05, 4.69) is 198 Å². The van der Waals surface area contributed by atoms with Crippen LogP contribution in [0.1, 0.15) is 44.4 Å². The second kappa shape index (κ2) is 11.9. The predicted molar refractivity (Wildman–Crippen MR) is 239 cm³/mol. The summed E-state index contributed by atoms with van der Waals surface area (Å²) in [5.41, 5.74) is 10.6. The number of fused-ring (bicyclic) bond motifs is 11. The van der Waals surface area contributed by atoms with Gasteiger partial charge in [0, 0.05) is 25.7 Å². The van der Waals surface area contributed by atoms with E-state index in [1.807, 2.05) is 11.3 Å². The molecule has 0 radical (unpaired) electrons. The van der Waals surface area contributed by atoms with E-state index in [-0.39, 0.29) is 10.8 Å². The minimum absolute atomic E-state index is 0.0480. The quantitative estimate of drug-likeness (QED) is 0.159. The first-order valence-electron chi connectivity index (χ1n) is 19.7. The molecule has 2 aliphatic carbocycles. The lowest BCUT2D eigenvalue weighted by Gasteiger charge is -2.53. The van der Waals surface area contributed by atoms with Crippen LogP contribution in [0, 0.1) is 11.8 Å². The average Bonchev–Trinajstić information content (AvgIpc) is 3.62. The molecule has 264 valence electrons. The molecule has 1 heterocycles. The molecule has 8 aromatic carbocycles. The highest BCUT2D eigenvalue weighted by atomic mass is 32.1. The van der Waals surface area contributed by atoms with Gasteiger partial charge in [-0.2, -0.15) is 0 Å². The van der Waals surface area contributed by atoms with Crippen molar-refractivity contribution in [1.82, 2.24) is 0 Å². The normalized spacial score (nSPS) is 18.5. The maximum absolute atomic E-state index is 2.63. The van der Waals surface area contributed by atoms with Crippen molar-refractivity contribution in [2.75, 3.05) is 0 Å². The first-order valence-corrected chi connectivity index (χ1v) is 20.5. The molecule has 0 amide bonds. The van der Waals surface area contributed by atoms with Crippen LogP contribution in [-0.2, 0) is 10.8 Å². The van der Waals surface area contributed by atoms with Gasteiger partial charge in [0.25, 0.3) is 0 Å². The summed E-state index contributed by atoms with van der Waals surface area (Å²) in [7, 11) is 0. The highest BCUT2D eigenvalue weighted by Crippen LogP contribution is 2.57. The average molecular weight is 723 g/mol. The van der Waals surface area contributed by atoms with Gasteiger partial charge in [-0.15, -0.1) is 11.3 Å². The molecule has 0 fully saturated rings. The van der Waals surface area contributed by atoms with Gasteiger partial charge in [0.2, 0.25) is 0 Å². The summed E-state index contributed by atoms with van der Waals surface area (Å²) >= 11 is 1.93. The zero-order valence-corrected chi connectivity index (χ0v) is 32.5. The van der Waals surface area contributed by atoms with Crippen LogP contribution in [0.4, 0.5) is 0 Å². The van der Waals surface area contributed by atoms with Gasteiger partial charge in [0.05, 0.1) is 0 Å². The smallest absolute Gasteiger partial charge is 0.0434 e. The summed E-state index contributed by atoms with van der Waals surface area (Å²) < 4.78 is 2.71. The lowest BCUT2D eigenvalue weighted by atomic mass is 9.51. The van der Waals surface area contributed by atoms with Crippen molar-refractivity contribution in [1.29, 1.82) is 0 Å². The van der Waals surface area contributed by atoms with E-state index in [1.165, 1.54) is 97.0 Å². The Bertz CT molecular complexity index is 3090. The molecule has 0 aliphatic heterocycles. The molecule has 1 aromatic heterocycles. The van der Waals surface area contributed by atoms with Crippen LogP contribution >= 0.6 is 11.3 Å². The van der Waals surface area contributed by atoms with Crippen LogP contribution in [0.2, 0.25) is 0 Å². The Balaban J connectivity index is 1.08. The number of thiophene rings is 1. The van der Waals surface area contributed by atoms with Crippen molar-refractivity contribution >= 4 is 69.4 Å². The van der Waals surface area contributed by atoms with Crippen LogP contribution in [0.25, 0.3) is 80.3 Å². The summed E-state index contributed by atoms with van der Waals surface area (Å²) in [4.78, 5) is 0. The Labute approximate surface area is 327 Å². The Morgan fingerprint density at radius 1 is 0.400 bits per heavy atom. The molecular formula is C54H42S. The summed E-state index contributed by atoms with van der Waals surface area (Å²) in [5, 5.41) is 10.8. The Kier molecular flexibility index (Phi) is 7.05. The molecule has 0 N–H and O–H groups in total. The fraction of sp³-hybridized carbons (Fsp3) is 0.148. The molecule has 0 spiro atoms. The summed E-state index contributed by atoms with van der Waals surface area (Å²) in [6, 6.07) is 56.7. The van der Waals surface area contributed by atoms with Crippen LogP contribution in [0.15, 0.2) is 170 Å². The number of allylic oxidation sites excluding steroid dienone is 4. The maximum Gasteiger partial charge on any atom is 0.0434 e. The Morgan fingerprint density at radius 2 is 0.855 bits per heavy atom. The monoisotopic (exact) mass is 722 g/mol. The maximum atomic E-state index is 2.63. The molecule has 11 rings (SSSR count). The molecule has 55 heavy (non-hydrogen) atoms. The number of hydrogen-bond acceptors (Lipinski definition) is 1. The number of hydrogen-bond donors (Lipinski definition) is 0. The fourth-order valence-electron chi connectivity index (χ4n) is 10.4. The highest BCUT2D eigenvalue weighted by molar-refractivity contribution is 7.26. The lowest BCUT2D eigenvalue weighted by Crippen LogP contribution is -2.48.